The molecule has 102 valence electrons. The average molecular weight is 261 g/mol. The monoisotopic (exact) mass is 261 g/mol. The van der Waals surface area contributed by atoms with Crippen molar-refractivity contribution in [2.24, 2.45) is 5.73 Å². The second-order valence-corrected chi connectivity index (χ2v) is 4.28. The van der Waals surface area contributed by atoms with E-state index in [2.05, 4.69) is 17.1 Å². The third-order valence-corrected chi connectivity index (χ3v) is 2.79. The van der Waals surface area contributed by atoms with Crippen LogP contribution in [0.3, 0.4) is 0 Å². The van der Waals surface area contributed by atoms with Crippen LogP contribution >= 0.6 is 0 Å². The number of hydrogen-bond donors (Lipinski definition) is 1. The lowest BCUT2D eigenvalue weighted by molar-refractivity contribution is 0.339. The fraction of sp³-hybridized carbons (Fsp3) is 0.429. The minimum atomic E-state index is -0.203. The van der Waals surface area contributed by atoms with Crippen molar-refractivity contribution in [2.75, 3.05) is 6.61 Å². The molecule has 0 unspecified atom stereocenters. The highest BCUT2D eigenvalue weighted by molar-refractivity contribution is 5.63. The van der Waals surface area contributed by atoms with Gasteiger partial charge in [-0.1, -0.05) is 30.6 Å². The van der Waals surface area contributed by atoms with E-state index >= 15 is 0 Å². The van der Waals surface area contributed by atoms with E-state index in [1.54, 1.807) is 0 Å². The van der Waals surface area contributed by atoms with Crippen molar-refractivity contribution < 1.29 is 9.26 Å². The fourth-order valence-electron chi connectivity index (χ4n) is 1.86. The van der Waals surface area contributed by atoms with Crippen LogP contribution in [0.25, 0.3) is 11.4 Å². The quantitative estimate of drug-likeness (QED) is 0.865. The van der Waals surface area contributed by atoms with Crippen LogP contribution in [0.5, 0.6) is 5.75 Å². The molecule has 0 amide bonds. The molecule has 0 saturated heterocycles. The van der Waals surface area contributed by atoms with Gasteiger partial charge in [0.2, 0.25) is 11.7 Å². The molecule has 0 saturated carbocycles. The van der Waals surface area contributed by atoms with Gasteiger partial charge in [0.15, 0.2) is 0 Å². The number of nitrogens with two attached hydrogens (primary N) is 1. The predicted molar refractivity (Wildman–Crippen MR) is 72.7 cm³/mol. The molecule has 0 aliphatic carbocycles. The third kappa shape index (κ3) is 3.12. The van der Waals surface area contributed by atoms with Crippen molar-refractivity contribution in [1.82, 2.24) is 10.1 Å². The van der Waals surface area contributed by atoms with Gasteiger partial charge in [-0.3, -0.25) is 0 Å². The van der Waals surface area contributed by atoms with Gasteiger partial charge in [0.05, 0.1) is 18.2 Å². The Bertz CT molecular complexity index is 525. The summed E-state index contributed by atoms with van der Waals surface area (Å²) < 4.78 is 10.8. The standard InChI is InChI=1S/C14H19N3O2/c1-3-7-11(15)14-16-13(17-19-14)10-8-5-6-9-12(10)18-4-2/h5-6,8-9,11H,3-4,7,15H2,1-2H3/t11-/m1/s1. The summed E-state index contributed by atoms with van der Waals surface area (Å²) in [7, 11) is 0. The van der Waals surface area contributed by atoms with E-state index in [4.69, 9.17) is 15.0 Å². The molecule has 2 N–H and O–H groups in total. The van der Waals surface area contributed by atoms with E-state index in [1.807, 2.05) is 31.2 Å². The van der Waals surface area contributed by atoms with Crippen LogP contribution in [0.1, 0.15) is 38.6 Å². The minimum Gasteiger partial charge on any atom is -0.493 e. The molecule has 1 aromatic heterocycles. The molecule has 19 heavy (non-hydrogen) atoms. The molecule has 0 aliphatic heterocycles. The molecule has 0 aliphatic rings. The van der Waals surface area contributed by atoms with Crippen molar-refractivity contribution in [2.45, 2.75) is 32.7 Å². The van der Waals surface area contributed by atoms with Crippen LogP contribution in [0.2, 0.25) is 0 Å². The Morgan fingerprint density at radius 2 is 2.11 bits per heavy atom. The number of rotatable bonds is 6. The number of hydrogen-bond acceptors (Lipinski definition) is 5. The van der Waals surface area contributed by atoms with Gasteiger partial charge in [0.1, 0.15) is 5.75 Å². The first-order valence-electron chi connectivity index (χ1n) is 6.57. The van der Waals surface area contributed by atoms with Crippen LogP contribution in [0.4, 0.5) is 0 Å². The Labute approximate surface area is 112 Å². The summed E-state index contributed by atoms with van der Waals surface area (Å²) in [5, 5.41) is 3.99. The zero-order valence-electron chi connectivity index (χ0n) is 11.3. The smallest absolute Gasteiger partial charge is 0.243 e. The normalized spacial score (nSPS) is 12.4. The number of nitrogens with zero attached hydrogens (tertiary/aromatic N) is 2. The van der Waals surface area contributed by atoms with Crippen molar-refractivity contribution in [3.63, 3.8) is 0 Å². The second-order valence-electron chi connectivity index (χ2n) is 4.28. The summed E-state index contributed by atoms with van der Waals surface area (Å²) >= 11 is 0. The zero-order valence-corrected chi connectivity index (χ0v) is 11.3. The number of para-hydroxylation sites is 1. The molecule has 2 rings (SSSR count). The zero-order chi connectivity index (χ0) is 13.7. The molecule has 1 heterocycles. The molecule has 2 aromatic rings. The van der Waals surface area contributed by atoms with Crippen LogP contribution in [0, 0.1) is 0 Å². The number of benzene rings is 1. The maximum absolute atomic E-state index is 5.97. The first-order chi connectivity index (χ1) is 9.26. The molecule has 0 bridgehead atoms. The molecular weight excluding hydrogens is 242 g/mol. The molecular formula is C14H19N3O2. The Balaban J connectivity index is 2.27. The highest BCUT2D eigenvalue weighted by atomic mass is 16.5. The Hall–Kier alpha value is -1.88. The summed E-state index contributed by atoms with van der Waals surface area (Å²) in [6.45, 7) is 4.61. The highest BCUT2D eigenvalue weighted by Gasteiger charge is 2.17. The maximum atomic E-state index is 5.97. The van der Waals surface area contributed by atoms with Crippen LogP contribution in [-0.4, -0.2) is 16.7 Å². The molecule has 5 nitrogen and oxygen atoms in total. The SMILES string of the molecule is CCC[C@@H](N)c1nc(-c2ccccc2OCC)no1. The topological polar surface area (TPSA) is 74.2 Å². The fourth-order valence-corrected chi connectivity index (χ4v) is 1.86. The number of ether oxygens (including phenoxy) is 1. The van der Waals surface area contributed by atoms with Gasteiger partial charge in [0.25, 0.3) is 0 Å². The second kappa shape index (κ2) is 6.33. The molecule has 5 heteroatoms. The van der Waals surface area contributed by atoms with Crippen LogP contribution in [0.15, 0.2) is 28.8 Å². The highest BCUT2D eigenvalue weighted by Crippen LogP contribution is 2.28. The van der Waals surface area contributed by atoms with Gasteiger partial charge in [-0.25, -0.2) is 0 Å². The van der Waals surface area contributed by atoms with Crippen molar-refractivity contribution in [3.8, 4) is 17.1 Å². The largest absolute Gasteiger partial charge is 0.493 e. The number of aromatic nitrogens is 2. The van der Waals surface area contributed by atoms with E-state index in [0.29, 0.717) is 18.3 Å². The molecule has 0 radical (unpaired) electrons. The Morgan fingerprint density at radius 1 is 1.32 bits per heavy atom. The van der Waals surface area contributed by atoms with Gasteiger partial charge in [-0.05, 0) is 25.5 Å². The first-order valence-corrected chi connectivity index (χ1v) is 6.57. The summed E-state index contributed by atoms with van der Waals surface area (Å²) in [5.74, 6) is 1.75. The summed E-state index contributed by atoms with van der Waals surface area (Å²) in [6.07, 6.45) is 1.81. The van der Waals surface area contributed by atoms with Gasteiger partial charge in [-0.15, -0.1) is 0 Å². The van der Waals surface area contributed by atoms with Crippen LogP contribution in [-0.2, 0) is 0 Å². The lowest BCUT2D eigenvalue weighted by Crippen LogP contribution is -2.09. The van der Waals surface area contributed by atoms with Crippen molar-refractivity contribution in [1.29, 1.82) is 0 Å². The molecule has 0 spiro atoms. The van der Waals surface area contributed by atoms with Gasteiger partial charge in [0, 0.05) is 0 Å². The van der Waals surface area contributed by atoms with Gasteiger partial charge >= 0.3 is 0 Å². The van der Waals surface area contributed by atoms with E-state index in [9.17, 15) is 0 Å². The lowest BCUT2D eigenvalue weighted by atomic mass is 10.1. The third-order valence-electron chi connectivity index (χ3n) is 2.79. The first kappa shape index (κ1) is 13.5. The van der Waals surface area contributed by atoms with E-state index in [-0.39, 0.29) is 6.04 Å². The van der Waals surface area contributed by atoms with Gasteiger partial charge in [-0.2, -0.15) is 4.98 Å². The maximum Gasteiger partial charge on any atom is 0.243 e. The summed E-state index contributed by atoms with van der Waals surface area (Å²) in [6, 6.07) is 7.43. The van der Waals surface area contributed by atoms with Crippen LogP contribution < -0.4 is 10.5 Å². The Morgan fingerprint density at radius 3 is 2.84 bits per heavy atom. The average Bonchev–Trinajstić information content (AvgIpc) is 2.90. The van der Waals surface area contributed by atoms with E-state index in [0.717, 1.165) is 24.2 Å². The van der Waals surface area contributed by atoms with E-state index < -0.39 is 0 Å². The molecule has 1 aromatic carbocycles. The van der Waals surface area contributed by atoms with Gasteiger partial charge < -0.3 is 15.0 Å². The predicted octanol–water partition coefficient (Wildman–Crippen LogP) is 2.94. The van der Waals surface area contributed by atoms with Crippen molar-refractivity contribution >= 4 is 0 Å². The molecule has 0 fully saturated rings. The lowest BCUT2D eigenvalue weighted by Gasteiger charge is -2.06. The Kier molecular flexibility index (Phi) is 4.52. The summed E-state index contributed by atoms with van der Waals surface area (Å²) in [4.78, 5) is 4.36. The van der Waals surface area contributed by atoms with E-state index in [1.165, 1.54) is 0 Å². The summed E-state index contributed by atoms with van der Waals surface area (Å²) in [5.41, 5.74) is 6.79. The molecule has 1 atom stereocenters. The minimum absolute atomic E-state index is 0.203. The van der Waals surface area contributed by atoms with Crippen molar-refractivity contribution in [3.05, 3.63) is 30.2 Å².